The van der Waals surface area contributed by atoms with Gasteiger partial charge in [-0.15, -0.1) is 0 Å². The third-order valence-electron chi connectivity index (χ3n) is 4.04. The van der Waals surface area contributed by atoms with Gasteiger partial charge in [-0.05, 0) is 49.8 Å². The average molecular weight is 271 g/mol. The van der Waals surface area contributed by atoms with E-state index in [1.165, 1.54) is 5.56 Å². The number of fused-ring (bicyclic) bond motifs is 1. The summed E-state index contributed by atoms with van der Waals surface area (Å²) in [6.45, 7) is 0.885. The molecule has 1 aliphatic heterocycles. The molecule has 0 saturated carbocycles. The Bertz CT molecular complexity index is 558. The van der Waals surface area contributed by atoms with Gasteiger partial charge in [0, 0.05) is 18.2 Å². The van der Waals surface area contributed by atoms with Crippen molar-refractivity contribution in [3.8, 4) is 0 Å². The van der Waals surface area contributed by atoms with Gasteiger partial charge >= 0.3 is 0 Å². The van der Waals surface area contributed by atoms with Crippen molar-refractivity contribution in [2.75, 3.05) is 6.61 Å². The van der Waals surface area contributed by atoms with Crippen molar-refractivity contribution in [3.63, 3.8) is 0 Å². The molecule has 1 N–H and O–H groups in total. The lowest BCUT2D eigenvalue weighted by Gasteiger charge is -2.15. The first-order chi connectivity index (χ1) is 9.83. The smallest absolute Gasteiger partial charge is 0.0704 e. The first-order valence-electron chi connectivity index (χ1n) is 7.45. The summed E-state index contributed by atoms with van der Waals surface area (Å²) in [7, 11) is 0. The molecule has 20 heavy (non-hydrogen) atoms. The Balaban J connectivity index is 1.63. The molecule has 0 bridgehead atoms. The van der Waals surface area contributed by atoms with Crippen LogP contribution in [0.15, 0.2) is 36.5 Å². The number of hydrogen-bond donors (Lipinski definition) is 1. The van der Waals surface area contributed by atoms with Gasteiger partial charge in [-0.1, -0.05) is 18.2 Å². The van der Waals surface area contributed by atoms with E-state index in [1.54, 1.807) is 0 Å². The molecular weight excluding hydrogens is 250 g/mol. The molecule has 2 heterocycles. The molecule has 2 atom stereocenters. The van der Waals surface area contributed by atoms with E-state index in [0.29, 0.717) is 12.5 Å². The molecule has 1 saturated heterocycles. The molecule has 3 nitrogen and oxygen atoms in total. The van der Waals surface area contributed by atoms with Crippen LogP contribution < -0.4 is 0 Å². The normalized spacial score (nSPS) is 20.4. The molecule has 0 spiro atoms. The molecule has 3 heteroatoms. The van der Waals surface area contributed by atoms with Gasteiger partial charge in [0.1, 0.15) is 0 Å². The summed E-state index contributed by atoms with van der Waals surface area (Å²) < 4.78 is 5.60. The van der Waals surface area contributed by atoms with E-state index < -0.39 is 0 Å². The summed E-state index contributed by atoms with van der Waals surface area (Å²) in [4.78, 5) is 4.36. The number of rotatable bonds is 5. The van der Waals surface area contributed by atoms with Crippen LogP contribution in [-0.2, 0) is 11.2 Å². The predicted octanol–water partition coefficient (Wildman–Crippen LogP) is 3.10. The van der Waals surface area contributed by atoms with Gasteiger partial charge in [0.05, 0.1) is 17.7 Å². The molecule has 0 aliphatic carbocycles. The van der Waals surface area contributed by atoms with Gasteiger partial charge in [-0.25, -0.2) is 0 Å². The van der Waals surface area contributed by atoms with E-state index in [2.05, 4.69) is 11.1 Å². The van der Waals surface area contributed by atoms with Crippen LogP contribution >= 0.6 is 0 Å². The molecular formula is C17H21NO2. The number of pyridine rings is 1. The number of aliphatic hydroxyl groups excluding tert-OH is 1. The predicted molar refractivity (Wildman–Crippen MR) is 79.7 cm³/mol. The van der Waals surface area contributed by atoms with Crippen molar-refractivity contribution in [1.29, 1.82) is 0 Å². The minimum absolute atomic E-state index is 0.301. The summed E-state index contributed by atoms with van der Waals surface area (Å²) in [5.41, 5.74) is 2.17. The Morgan fingerprint density at radius 3 is 3.05 bits per heavy atom. The van der Waals surface area contributed by atoms with Gasteiger partial charge in [-0.2, -0.15) is 0 Å². The fourth-order valence-electron chi connectivity index (χ4n) is 2.94. The maximum atomic E-state index is 10.2. The lowest BCUT2D eigenvalue weighted by atomic mass is 9.99. The molecule has 2 unspecified atom stereocenters. The highest BCUT2D eigenvalue weighted by atomic mass is 16.5. The highest BCUT2D eigenvalue weighted by Crippen LogP contribution is 2.21. The second-order valence-corrected chi connectivity index (χ2v) is 5.56. The maximum absolute atomic E-state index is 10.2. The van der Waals surface area contributed by atoms with Gasteiger partial charge in [-0.3, -0.25) is 4.98 Å². The zero-order valence-corrected chi connectivity index (χ0v) is 11.7. The van der Waals surface area contributed by atoms with Crippen LogP contribution in [0.4, 0.5) is 0 Å². The number of para-hydroxylation sites is 1. The second-order valence-electron chi connectivity index (χ2n) is 5.56. The molecule has 1 aromatic heterocycles. The summed E-state index contributed by atoms with van der Waals surface area (Å²) in [5, 5.41) is 11.4. The molecule has 3 rings (SSSR count). The Morgan fingerprint density at radius 1 is 1.30 bits per heavy atom. The molecule has 1 fully saturated rings. The Kier molecular flexibility index (Phi) is 4.28. The van der Waals surface area contributed by atoms with E-state index in [0.717, 1.165) is 43.2 Å². The van der Waals surface area contributed by atoms with Crippen molar-refractivity contribution < 1.29 is 9.84 Å². The minimum Gasteiger partial charge on any atom is -0.393 e. The van der Waals surface area contributed by atoms with Gasteiger partial charge < -0.3 is 9.84 Å². The Hall–Kier alpha value is -1.45. The van der Waals surface area contributed by atoms with Crippen LogP contribution in [0, 0.1) is 0 Å². The van der Waals surface area contributed by atoms with Crippen LogP contribution in [0.2, 0.25) is 0 Å². The number of aliphatic hydroxyl groups is 1. The van der Waals surface area contributed by atoms with Crippen LogP contribution in [0.1, 0.15) is 31.2 Å². The molecule has 1 aromatic carbocycles. The fourth-order valence-corrected chi connectivity index (χ4v) is 2.94. The first kappa shape index (κ1) is 13.5. The zero-order chi connectivity index (χ0) is 13.8. The van der Waals surface area contributed by atoms with Crippen molar-refractivity contribution in [1.82, 2.24) is 4.98 Å². The number of hydrogen-bond acceptors (Lipinski definition) is 3. The first-order valence-corrected chi connectivity index (χ1v) is 7.45. The standard InChI is InChI=1S/C17H21NO2/c19-14(7-8-15-4-3-11-20-15)12-13-9-10-18-17-6-2-1-5-16(13)17/h1-2,5-6,9-10,14-15,19H,3-4,7-8,11-12H2. The summed E-state index contributed by atoms with van der Waals surface area (Å²) in [5.74, 6) is 0. The largest absolute Gasteiger partial charge is 0.393 e. The third-order valence-corrected chi connectivity index (χ3v) is 4.04. The molecule has 1 aliphatic rings. The molecule has 106 valence electrons. The lowest BCUT2D eigenvalue weighted by molar-refractivity contribution is 0.0814. The monoisotopic (exact) mass is 271 g/mol. The van der Waals surface area contributed by atoms with Crippen molar-refractivity contribution in [3.05, 3.63) is 42.1 Å². The van der Waals surface area contributed by atoms with Crippen LogP contribution in [0.25, 0.3) is 10.9 Å². The zero-order valence-electron chi connectivity index (χ0n) is 11.7. The number of aromatic nitrogens is 1. The topological polar surface area (TPSA) is 42.4 Å². The van der Waals surface area contributed by atoms with E-state index >= 15 is 0 Å². The van der Waals surface area contributed by atoms with Gasteiger partial charge in [0.15, 0.2) is 0 Å². The quantitative estimate of drug-likeness (QED) is 0.908. The highest BCUT2D eigenvalue weighted by Gasteiger charge is 2.17. The maximum Gasteiger partial charge on any atom is 0.0704 e. The molecule has 2 aromatic rings. The lowest BCUT2D eigenvalue weighted by Crippen LogP contribution is -2.15. The van der Waals surface area contributed by atoms with E-state index in [-0.39, 0.29) is 6.10 Å². The van der Waals surface area contributed by atoms with E-state index in [4.69, 9.17) is 4.74 Å². The third kappa shape index (κ3) is 3.17. The van der Waals surface area contributed by atoms with Crippen LogP contribution in [0.3, 0.4) is 0 Å². The SMILES string of the molecule is OC(CCC1CCCO1)Cc1ccnc2ccccc12. The van der Waals surface area contributed by atoms with E-state index in [9.17, 15) is 5.11 Å². The molecule has 0 radical (unpaired) electrons. The Labute approximate surface area is 119 Å². The van der Waals surface area contributed by atoms with Crippen LogP contribution in [-0.4, -0.2) is 28.9 Å². The van der Waals surface area contributed by atoms with Crippen molar-refractivity contribution in [2.24, 2.45) is 0 Å². The minimum atomic E-state index is -0.301. The average Bonchev–Trinajstić information content (AvgIpc) is 2.99. The van der Waals surface area contributed by atoms with Crippen molar-refractivity contribution in [2.45, 2.75) is 44.3 Å². The Morgan fingerprint density at radius 2 is 2.20 bits per heavy atom. The number of nitrogens with zero attached hydrogens (tertiary/aromatic N) is 1. The van der Waals surface area contributed by atoms with Gasteiger partial charge in [0.25, 0.3) is 0 Å². The van der Waals surface area contributed by atoms with Crippen LogP contribution in [0.5, 0.6) is 0 Å². The van der Waals surface area contributed by atoms with E-state index in [1.807, 2.05) is 30.5 Å². The number of ether oxygens (including phenoxy) is 1. The van der Waals surface area contributed by atoms with Gasteiger partial charge in [0.2, 0.25) is 0 Å². The van der Waals surface area contributed by atoms with Crippen molar-refractivity contribution >= 4 is 10.9 Å². The summed E-state index contributed by atoms with van der Waals surface area (Å²) >= 11 is 0. The molecule has 0 amide bonds. The summed E-state index contributed by atoms with van der Waals surface area (Å²) in [6.07, 6.45) is 6.65. The highest BCUT2D eigenvalue weighted by molar-refractivity contribution is 5.81. The summed E-state index contributed by atoms with van der Waals surface area (Å²) in [6, 6.07) is 10.1. The fraction of sp³-hybridized carbons (Fsp3) is 0.471. The second kappa shape index (κ2) is 6.33. The number of benzene rings is 1.